The van der Waals surface area contributed by atoms with Gasteiger partial charge in [0.1, 0.15) is 0 Å². The van der Waals surface area contributed by atoms with E-state index in [2.05, 4.69) is 5.32 Å². The quantitative estimate of drug-likeness (QED) is 0.766. The van der Waals surface area contributed by atoms with E-state index in [0.29, 0.717) is 6.54 Å². The van der Waals surface area contributed by atoms with Crippen molar-refractivity contribution in [2.75, 3.05) is 0 Å². The molecule has 0 bridgehead atoms. The summed E-state index contributed by atoms with van der Waals surface area (Å²) in [4.78, 5) is 25.7. The minimum atomic E-state index is -0.528. The molecule has 20 heavy (non-hydrogen) atoms. The van der Waals surface area contributed by atoms with Crippen molar-refractivity contribution in [2.24, 2.45) is 5.73 Å². The SMILES string of the molecule is N[C@H]1CCC[C@@H]2[C@@H]1NC(=O)C(=O)N2Cc1ccccc1. The fourth-order valence-electron chi connectivity index (χ4n) is 3.22. The van der Waals surface area contributed by atoms with Crippen molar-refractivity contribution in [3.63, 3.8) is 0 Å². The first-order valence-electron chi connectivity index (χ1n) is 7.08. The van der Waals surface area contributed by atoms with Gasteiger partial charge < -0.3 is 16.0 Å². The zero-order valence-corrected chi connectivity index (χ0v) is 11.3. The number of nitrogens with zero attached hydrogens (tertiary/aromatic N) is 1. The van der Waals surface area contributed by atoms with Crippen molar-refractivity contribution < 1.29 is 9.59 Å². The number of piperazine rings is 1. The molecule has 0 spiro atoms. The number of amides is 2. The molecule has 0 radical (unpaired) electrons. The molecule has 2 aliphatic rings. The fourth-order valence-corrected chi connectivity index (χ4v) is 3.22. The van der Waals surface area contributed by atoms with E-state index in [0.717, 1.165) is 24.8 Å². The fraction of sp³-hybridized carbons (Fsp3) is 0.467. The van der Waals surface area contributed by atoms with Gasteiger partial charge in [0.05, 0.1) is 12.1 Å². The molecule has 1 saturated heterocycles. The number of hydrogen-bond acceptors (Lipinski definition) is 3. The molecule has 3 N–H and O–H groups in total. The van der Waals surface area contributed by atoms with Crippen LogP contribution >= 0.6 is 0 Å². The maximum absolute atomic E-state index is 12.2. The Kier molecular flexibility index (Phi) is 3.44. The van der Waals surface area contributed by atoms with E-state index in [1.54, 1.807) is 4.90 Å². The van der Waals surface area contributed by atoms with Crippen molar-refractivity contribution in [3.8, 4) is 0 Å². The molecule has 1 aliphatic carbocycles. The first-order chi connectivity index (χ1) is 9.66. The highest BCUT2D eigenvalue weighted by molar-refractivity contribution is 6.35. The van der Waals surface area contributed by atoms with E-state index < -0.39 is 11.8 Å². The molecular weight excluding hydrogens is 254 g/mol. The number of fused-ring (bicyclic) bond motifs is 1. The lowest BCUT2D eigenvalue weighted by atomic mass is 9.83. The maximum atomic E-state index is 12.2. The zero-order chi connectivity index (χ0) is 14.1. The summed E-state index contributed by atoms with van der Waals surface area (Å²) in [5.74, 6) is -0.969. The summed E-state index contributed by atoms with van der Waals surface area (Å²) < 4.78 is 0. The van der Waals surface area contributed by atoms with Crippen LogP contribution in [0, 0.1) is 0 Å². The van der Waals surface area contributed by atoms with Crippen molar-refractivity contribution in [1.29, 1.82) is 0 Å². The molecule has 0 aromatic heterocycles. The van der Waals surface area contributed by atoms with Gasteiger partial charge in [-0.15, -0.1) is 0 Å². The van der Waals surface area contributed by atoms with E-state index in [4.69, 9.17) is 5.73 Å². The van der Waals surface area contributed by atoms with E-state index in [9.17, 15) is 9.59 Å². The Morgan fingerprint density at radius 1 is 1.20 bits per heavy atom. The summed E-state index contributed by atoms with van der Waals surface area (Å²) in [6, 6.07) is 9.59. The van der Waals surface area contributed by atoms with Gasteiger partial charge in [-0.3, -0.25) is 9.59 Å². The second-order valence-electron chi connectivity index (χ2n) is 5.58. The lowest BCUT2D eigenvalue weighted by Gasteiger charge is -2.46. The van der Waals surface area contributed by atoms with Gasteiger partial charge in [0.15, 0.2) is 0 Å². The first-order valence-corrected chi connectivity index (χ1v) is 7.08. The number of rotatable bonds is 2. The Labute approximate surface area is 118 Å². The van der Waals surface area contributed by atoms with Crippen LogP contribution in [-0.2, 0) is 16.1 Å². The second-order valence-corrected chi connectivity index (χ2v) is 5.58. The molecule has 1 saturated carbocycles. The van der Waals surface area contributed by atoms with Crippen LogP contribution in [-0.4, -0.2) is 34.8 Å². The molecule has 1 aromatic rings. The van der Waals surface area contributed by atoms with Gasteiger partial charge in [-0.1, -0.05) is 30.3 Å². The molecule has 3 atom stereocenters. The van der Waals surface area contributed by atoms with Crippen LogP contribution in [0.25, 0.3) is 0 Å². The Balaban J connectivity index is 1.85. The monoisotopic (exact) mass is 273 g/mol. The molecule has 1 aliphatic heterocycles. The van der Waals surface area contributed by atoms with Gasteiger partial charge in [0, 0.05) is 12.6 Å². The number of hydrogen-bond donors (Lipinski definition) is 2. The van der Waals surface area contributed by atoms with E-state index >= 15 is 0 Å². The molecule has 1 aromatic carbocycles. The Hall–Kier alpha value is -1.88. The summed E-state index contributed by atoms with van der Waals surface area (Å²) in [6.45, 7) is 0.473. The standard InChI is InChI=1S/C15H19N3O2/c16-11-7-4-8-12-13(11)17-14(19)15(20)18(12)9-10-5-2-1-3-6-10/h1-3,5-6,11-13H,4,7-9,16H2,(H,17,19)/t11-,12+,13+/m0/s1. The number of nitrogens with one attached hydrogen (secondary N) is 1. The Morgan fingerprint density at radius 3 is 2.70 bits per heavy atom. The van der Waals surface area contributed by atoms with Gasteiger partial charge >= 0.3 is 11.8 Å². The molecule has 1 heterocycles. The number of benzene rings is 1. The minimum Gasteiger partial charge on any atom is -0.341 e. The molecule has 2 fully saturated rings. The predicted molar refractivity (Wildman–Crippen MR) is 74.5 cm³/mol. The van der Waals surface area contributed by atoms with Crippen molar-refractivity contribution in [1.82, 2.24) is 10.2 Å². The highest BCUT2D eigenvalue weighted by atomic mass is 16.2. The van der Waals surface area contributed by atoms with Gasteiger partial charge in [0.25, 0.3) is 0 Å². The summed E-state index contributed by atoms with van der Waals surface area (Å²) in [7, 11) is 0. The zero-order valence-electron chi connectivity index (χ0n) is 11.3. The summed E-state index contributed by atoms with van der Waals surface area (Å²) in [6.07, 6.45) is 2.79. The number of carbonyl (C=O) groups excluding carboxylic acids is 2. The molecule has 5 heteroatoms. The van der Waals surface area contributed by atoms with Crippen LogP contribution < -0.4 is 11.1 Å². The molecule has 0 unspecified atom stereocenters. The molecular formula is C15H19N3O2. The van der Waals surface area contributed by atoms with Gasteiger partial charge in [-0.25, -0.2) is 0 Å². The Morgan fingerprint density at radius 2 is 1.95 bits per heavy atom. The smallest absolute Gasteiger partial charge is 0.312 e. The summed E-state index contributed by atoms with van der Waals surface area (Å²) >= 11 is 0. The molecule has 3 rings (SSSR count). The average Bonchev–Trinajstić information content (AvgIpc) is 2.46. The normalized spacial score (nSPS) is 29.9. The topological polar surface area (TPSA) is 75.4 Å². The number of nitrogens with two attached hydrogens (primary N) is 1. The summed E-state index contributed by atoms with van der Waals surface area (Å²) in [5, 5.41) is 2.78. The highest BCUT2D eigenvalue weighted by Crippen LogP contribution is 2.27. The minimum absolute atomic E-state index is 0.0177. The van der Waals surface area contributed by atoms with Gasteiger partial charge in [0.2, 0.25) is 0 Å². The maximum Gasteiger partial charge on any atom is 0.312 e. The van der Waals surface area contributed by atoms with Crippen LogP contribution in [0.2, 0.25) is 0 Å². The van der Waals surface area contributed by atoms with Crippen LogP contribution in [0.3, 0.4) is 0 Å². The third-order valence-corrected chi connectivity index (χ3v) is 4.26. The van der Waals surface area contributed by atoms with Crippen molar-refractivity contribution >= 4 is 11.8 Å². The van der Waals surface area contributed by atoms with Crippen LogP contribution in [0.15, 0.2) is 30.3 Å². The van der Waals surface area contributed by atoms with Crippen molar-refractivity contribution in [2.45, 2.75) is 43.9 Å². The van der Waals surface area contributed by atoms with E-state index in [1.807, 2.05) is 30.3 Å². The molecule has 2 amide bonds. The second kappa shape index (κ2) is 5.25. The van der Waals surface area contributed by atoms with Crippen molar-refractivity contribution in [3.05, 3.63) is 35.9 Å². The third kappa shape index (κ3) is 2.29. The van der Waals surface area contributed by atoms with Gasteiger partial charge in [-0.2, -0.15) is 0 Å². The highest BCUT2D eigenvalue weighted by Gasteiger charge is 2.44. The van der Waals surface area contributed by atoms with E-state index in [1.165, 1.54) is 0 Å². The average molecular weight is 273 g/mol. The largest absolute Gasteiger partial charge is 0.341 e. The van der Waals surface area contributed by atoms with Crippen LogP contribution in [0.5, 0.6) is 0 Å². The molecule has 106 valence electrons. The lowest BCUT2D eigenvalue weighted by Crippen LogP contribution is -2.69. The Bertz CT molecular complexity index is 517. The van der Waals surface area contributed by atoms with Crippen LogP contribution in [0.1, 0.15) is 24.8 Å². The lowest BCUT2D eigenvalue weighted by molar-refractivity contribution is -0.154. The first kappa shape index (κ1) is 13.1. The predicted octanol–water partition coefficient (Wildman–Crippen LogP) is 0.393. The van der Waals surface area contributed by atoms with Gasteiger partial charge in [-0.05, 0) is 24.8 Å². The number of carbonyl (C=O) groups is 2. The molecule has 5 nitrogen and oxygen atoms in total. The van der Waals surface area contributed by atoms with E-state index in [-0.39, 0.29) is 18.1 Å². The van der Waals surface area contributed by atoms with Crippen LogP contribution in [0.4, 0.5) is 0 Å². The third-order valence-electron chi connectivity index (χ3n) is 4.26. The summed E-state index contributed by atoms with van der Waals surface area (Å²) in [5.41, 5.74) is 7.14.